The molecule has 1 saturated heterocycles. The summed E-state index contributed by atoms with van der Waals surface area (Å²) in [6.45, 7) is 3.80. The number of carbonyl (C=O) groups excluding carboxylic acids is 1. The van der Waals surface area contributed by atoms with Crippen LogP contribution in [0.15, 0.2) is 35.8 Å². The molecular formula is C23H31N9O3. The number of piperidine rings is 1. The molecule has 35 heavy (non-hydrogen) atoms. The van der Waals surface area contributed by atoms with Crippen LogP contribution in [0.1, 0.15) is 43.9 Å². The van der Waals surface area contributed by atoms with Crippen LogP contribution in [-0.4, -0.2) is 63.0 Å². The minimum absolute atomic E-state index is 0.0233. The van der Waals surface area contributed by atoms with Crippen molar-refractivity contribution in [2.24, 2.45) is 16.8 Å². The summed E-state index contributed by atoms with van der Waals surface area (Å²) in [7, 11) is 0. The van der Waals surface area contributed by atoms with Gasteiger partial charge in [-0.1, -0.05) is 13.0 Å². The van der Waals surface area contributed by atoms with Crippen LogP contribution in [-0.2, 0) is 11.2 Å². The number of benzene rings is 1. The zero-order valence-corrected chi connectivity index (χ0v) is 19.7. The van der Waals surface area contributed by atoms with E-state index in [0.717, 1.165) is 31.4 Å². The van der Waals surface area contributed by atoms with Crippen molar-refractivity contribution >= 4 is 29.0 Å². The lowest BCUT2D eigenvalue weighted by atomic mass is 9.93. The number of hydrazone groups is 1. The number of aryl methyl sites for hydroxylation is 1. The number of nitrogens with two attached hydrogens (primary N) is 1. The maximum Gasteiger partial charge on any atom is 0.293 e. The number of hydrogen-bond acceptors (Lipinski definition) is 7. The van der Waals surface area contributed by atoms with Crippen molar-refractivity contribution in [1.82, 2.24) is 20.3 Å². The molecule has 1 amide bonds. The Kier molecular flexibility index (Phi) is 7.28. The number of anilines is 1. The smallest absolute Gasteiger partial charge is 0.293 e. The molecule has 12 heteroatoms. The maximum atomic E-state index is 11.9. The largest absolute Gasteiger partial charge is 0.370 e. The Morgan fingerprint density at radius 2 is 2.14 bits per heavy atom. The molecule has 0 aliphatic carbocycles. The van der Waals surface area contributed by atoms with Gasteiger partial charge in [0.15, 0.2) is 5.96 Å². The van der Waals surface area contributed by atoms with Crippen molar-refractivity contribution in [2.45, 2.75) is 45.1 Å². The van der Waals surface area contributed by atoms with E-state index in [1.165, 1.54) is 0 Å². The van der Waals surface area contributed by atoms with E-state index >= 15 is 0 Å². The number of nitro benzene ring substituents is 1. The lowest BCUT2D eigenvalue weighted by Gasteiger charge is -2.39. The number of aromatic nitrogens is 2. The lowest BCUT2D eigenvalue weighted by Crippen LogP contribution is -2.50. The fourth-order valence-electron chi connectivity index (χ4n) is 4.87. The van der Waals surface area contributed by atoms with Gasteiger partial charge in [0, 0.05) is 55.8 Å². The van der Waals surface area contributed by atoms with Crippen molar-refractivity contribution in [3.05, 3.63) is 52.1 Å². The summed E-state index contributed by atoms with van der Waals surface area (Å²) in [6.07, 6.45) is 6.95. The van der Waals surface area contributed by atoms with E-state index in [1.54, 1.807) is 18.5 Å². The number of imidazole rings is 1. The van der Waals surface area contributed by atoms with Crippen molar-refractivity contribution in [2.75, 3.05) is 24.5 Å². The molecule has 1 unspecified atom stereocenters. The highest BCUT2D eigenvalue weighted by molar-refractivity contribution is 6.06. The number of nitro groups is 1. The molecule has 12 nitrogen and oxygen atoms in total. The van der Waals surface area contributed by atoms with Gasteiger partial charge in [-0.15, -0.1) is 0 Å². The molecule has 3 heterocycles. The first kappa shape index (κ1) is 24.2. The Balaban J connectivity index is 1.42. The molecule has 1 fully saturated rings. The molecule has 1 aromatic heterocycles. The average molecular weight is 482 g/mol. The second-order valence-electron chi connectivity index (χ2n) is 9.06. The topological polar surface area (TPSA) is 170 Å². The van der Waals surface area contributed by atoms with Crippen molar-refractivity contribution in [3.8, 4) is 0 Å². The minimum atomic E-state index is -0.367. The highest BCUT2D eigenvalue weighted by atomic mass is 16.6. The summed E-state index contributed by atoms with van der Waals surface area (Å²) in [6, 6.07) is 5.26. The average Bonchev–Trinajstić information content (AvgIpc) is 3.35. The Morgan fingerprint density at radius 3 is 2.77 bits per heavy atom. The van der Waals surface area contributed by atoms with Crippen LogP contribution in [0.5, 0.6) is 0 Å². The monoisotopic (exact) mass is 481 g/mol. The second-order valence-corrected chi connectivity index (χ2v) is 9.06. The van der Waals surface area contributed by atoms with Gasteiger partial charge >= 0.3 is 0 Å². The Hall–Kier alpha value is -3.96. The van der Waals surface area contributed by atoms with E-state index < -0.39 is 0 Å². The van der Waals surface area contributed by atoms with Gasteiger partial charge in [-0.2, -0.15) is 5.10 Å². The Bertz CT molecular complexity index is 1110. The van der Waals surface area contributed by atoms with Crippen LogP contribution >= 0.6 is 0 Å². The zero-order valence-electron chi connectivity index (χ0n) is 19.7. The number of carbonyl (C=O) groups is 1. The van der Waals surface area contributed by atoms with Gasteiger partial charge in [0.05, 0.1) is 22.7 Å². The Morgan fingerprint density at radius 1 is 1.37 bits per heavy atom. The minimum Gasteiger partial charge on any atom is -0.370 e. The van der Waals surface area contributed by atoms with Crippen molar-refractivity contribution < 1.29 is 9.72 Å². The molecule has 2 aliphatic rings. The molecule has 0 spiro atoms. The van der Waals surface area contributed by atoms with Crippen LogP contribution in [0.2, 0.25) is 0 Å². The summed E-state index contributed by atoms with van der Waals surface area (Å²) in [5.74, 6) is -0.221. The first-order chi connectivity index (χ1) is 16.8. The van der Waals surface area contributed by atoms with Crippen LogP contribution in [0, 0.1) is 21.4 Å². The van der Waals surface area contributed by atoms with Crippen LogP contribution < -0.4 is 16.1 Å². The van der Waals surface area contributed by atoms with Gasteiger partial charge in [-0.05, 0) is 31.7 Å². The van der Waals surface area contributed by atoms with Gasteiger partial charge in [0.1, 0.15) is 5.69 Å². The van der Waals surface area contributed by atoms with E-state index in [-0.39, 0.29) is 34.4 Å². The van der Waals surface area contributed by atoms with E-state index in [0.29, 0.717) is 43.0 Å². The summed E-state index contributed by atoms with van der Waals surface area (Å²) >= 11 is 0. The number of nitrogens with one attached hydrogen (secondary N) is 3. The molecule has 2 aromatic rings. The quantitative estimate of drug-likeness (QED) is 0.193. The molecule has 0 saturated carbocycles. The van der Waals surface area contributed by atoms with Gasteiger partial charge < -0.3 is 20.5 Å². The fourth-order valence-corrected chi connectivity index (χ4v) is 4.87. The predicted octanol–water partition coefficient (Wildman–Crippen LogP) is 1.98. The number of H-pyrrole nitrogens is 1. The van der Waals surface area contributed by atoms with Gasteiger partial charge in [-0.25, -0.2) is 10.4 Å². The lowest BCUT2D eigenvalue weighted by molar-refractivity contribution is -0.384. The van der Waals surface area contributed by atoms with Crippen LogP contribution in [0.25, 0.3) is 0 Å². The highest BCUT2D eigenvalue weighted by Crippen LogP contribution is 2.33. The molecule has 1 aromatic carbocycles. The van der Waals surface area contributed by atoms with Gasteiger partial charge in [-0.3, -0.25) is 20.3 Å². The van der Waals surface area contributed by atoms with E-state index in [2.05, 4.69) is 20.5 Å². The van der Waals surface area contributed by atoms with Crippen molar-refractivity contribution in [1.29, 1.82) is 5.41 Å². The van der Waals surface area contributed by atoms with Crippen molar-refractivity contribution in [3.63, 3.8) is 0 Å². The maximum absolute atomic E-state index is 11.9. The number of guanidine groups is 1. The predicted molar refractivity (Wildman–Crippen MR) is 132 cm³/mol. The molecule has 0 bridgehead atoms. The second kappa shape index (κ2) is 10.5. The number of aromatic amines is 1. The number of amides is 1. The molecule has 4 rings (SSSR count). The first-order valence-corrected chi connectivity index (χ1v) is 11.8. The Labute approximate surface area is 203 Å². The first-order valence-electron chi connectivity index (χ1n) is 11.8. The molecule has 0 radical (unpaired) electrons. The molecular weight excluding hydrogens is 450 g/mol. The third-order valence-electron chi connectivity index (χ3n) is 6.67. The fraction of sp³-hybridized carbons (Fsp3) is 0.478. The SMILES string of the molecule is CC1CC(=O)NN=C1c1ccc(N2CCC(N(CCCc3c[nH]cn3)C(=N)N)CC2)c([N+](=O)[O-])c1. The third kappa shape index (κ3) is 5.58. The summed E-state index contributed by atoms with van der Waals surface area (Å²) in [5.41, 5.74) is 11.2. The summed E-state index contributed by atoms with van der Waals surface area (Å²) in [4.78, 5) is 34.2. The molecule has 2 aliphatic heterocycles. The van der Waals surface area contributed by atoms with Gasteiger partial charge in [0.25, 0.3) is 5.69 Å². The zero-order chi connectivity index (χ0) is 24.9. The van der Waals surface area contributed by atoms with Crippen LogP contribution in [0.3, 0.4) is 0 Å². The number of hydrogen-bond donors (Lipinski definition) is 4. The summed E-state index contributed by atoms with van der Waals surface area (Å²) < 4.78 is 0. The standard InChI is InChI=1S/C23H31N9O3/c1-15-11-21(33)28-29-22(15)16-4-5-19(20(12-16)32(34)35)30-9-6-18(7-10-30)31(23(24)25)8-2-3-17-13-26-14-27-17/h4-5,12-15,18H,2-3,6-11H2,1H3,(H3,24,25)(H,26,27)(H,28,33). The van der Waals surface area contributed by atoms with Crippen LogP contribution in [0.4, 0.5) is 11.4 Å². The number of nitrogens with zero attached hydrogens (tertiary/aromatic N) is 5. The third-order valence-corrected chi connectivity index (χ3v) is 6.67. The molecule has 186 valence electrons. The summed E-state index contributed by atoms with van der Waals surface area (Å²) in [5, 5.41) is 24.1. The highest BCUT2D eigenvalue weighted by Gasteiger charge is 2.30. The normalized spacial score (nSPS) is 18.7. The molecule has 5 N–H and O–H groups in total. The van der Waals surface area contributed by atoms with Gasteiger partial charge in [0.2, 0.25) is 5.91 Å². The van der Waals surface area contributed by atoms with E-state index in [9.17, 15) is 14.9 Å². The molecule has 1 atom stereocenters. The van der Waals surface area contributed by atoms with E-state index in [1.807, 2.05) is 29.0 Å². The van der Waals surface area contributed by atoms with E-state index in [4.69, 9.17) is 11.1 Å². The number of rotatable bonds is 8.